The van der Waals surface area contributed by atoms with Crippen molar-refractivity contribution in [2.75, 3.05) is 0 Å². The first-order valence-electron chi connectivity index (χ1n) is 6.92. The van der Waals surface area contributed by atoms with Gasteiger partial charge in [0.2, 0.25) is 0 Å². The van der Waals surface area contributed by atoms with Crippen LogP contribution in [0, 0.1) is 11.3 Å². The minimum atomic E-state index is -0.192. The molecule has 0 spiro atoms. The Hall–Kier alpha value is -0.830. The van der Waals surface area contributed by atoms with Gasteiger partial charge in [0.15, 0.2) is 0 Å². The molecule has 1 heterocycles. The van der Waals surface area contributed by atoms with Crippen molar-refractivity contribution in [2.24, 2.45) is 18.4 Å². The predicted molar refractivity (Wildman–Crippen MR) is 75.4 cm³/mol. The lowest BCUT2D eigenvalue weighted by Crippen LogP contribution is -2.17. The molecule has 0 aliphatic heterocycles. The number of hydrogen-bond donors (Lipinski definition) is 1. The average Bonchev–Trinajstić information content (AvgIpc) is 2.58. The molecule has 0 saturated carbocycles. The zero-order valence-electron chi connectivity index (χ0n) is 12.5. The van der Waals surface area contributed by atoms with Gasteiger partial charge in [-0.25, -0.2) is 0 Å². The molecular weight excluding hydrogens is 224 g/mol. The fourth-order valence-electron chi connectivity index (χ4n) is 2.65. The van der Waals surface area contributed by atoms with Crippen molar-refractivity contribution in [2.45, 2.75) is 59.5 Å². The number of rotatable bonds is 6. The Morgan fingerprint density at radius 1 is 1.39 bits per heavy atom. The molecule has 0 amide bonds. The quantitative estimate of drug-likeness (QED) is 0.844. The van der Waals surface area contributed by atoms with E-state index in [4.69, 9.17) is 0 Å². The molecule has 0 saturated heterocycles. The Morgan fingerprint density at radius 3 is 2.56 bits per heavy atom. The maximum atomic E-state index is 10.1. The number of aliphatic hydroxyl groups excluding tert-OH is 1. The normalized spacial score (nSPS) is 15.7. The number of nitrogens with zero attached hydrogens (tertiary/aromatic N) is 2. The highest BCUT2D eigenvalue weighted by Crippen LogP contribution is 2.27. The summed E-state index contributed by atoms with van der Waals surface area (Å²) in [5, 5.41) is 14.2. The maximum absolute atomic E-state index is 10.1. The largest absolute Gasteiger partial charge is 0.393 e. The van der Waals surface area contributed by atoms with E-state index in [2.05, 4.69) is 32.8 Å². The highest BCUT2D eigenvalue weighted by atomic mass is 16.3. The first-order valence-corrected chi connectivity index (χ1v) is 6.92. The lowest BCUT2D eigenvalue weighted by molar-refractivity contribution is 0.124. The molecule has 1 aromatic heterocycles. The molecular formula is C15H28N2O. The van der Waals surface area contributed by atoms with Crippen LogP contribution in [0.15, 0.2) is 12.4 Å². The van der Waals surface area contributed by atoms with Gasteiger partial charge in [-0.05, 0) is 42.6 Å². The van der Waals surface area contributed by atoms with Gasteiger partial charge in [-0.15, -0.1) is 0 Å². The highest BCUT2D eigenvalue weighted by Gasteiger charge is 2.18. The Labute approximate surface area is 111 Å². The van der Waals surface area contributed by atoms with Gasteiger partial charge >= 0.3 is 0 Å². The molecule has 0 aliphatic rings. The monoisotopic (exact) mass is 252 g/mol. The van der Waals surface area contributed by atoms with Crippen LogP contribution in [-0.4, -0.2) is 21.0 Å². The van der Waals surface area contributed by atoms with Crippen molar-refractivity contribution < 1.29 is 5.11 Å². The summed E-state index contributed by atoms with van der Waals surface area (Å²) < 4.78 is 1.81. The van der Waals surface area contributed by atoms with E-state index in [9.17, 15) is 5.11 Å². The summed E-state index contributed by atoms with van der Waals surface area (Å²) in [6, 6.07) is 0. The van der Waals surface area contributed by atoms with Crippen LogP contribution in [-0.2, 0) is 13.5 Å². The van der Waals surface area contributed by atoms with Crippen molar-refractivity contribution in [3.8, 4) is 0 Å². The number of aromatic nitrogens is 2. The van der Waals surface area contributed by atoms with E-state index in [1.54, 1.807) is 0 Å². The molecule has 0 bridgehead atoms. The molecule has 1 rings (SSSR count). The molecule has 3 heteroatoms. The molecule has 2 unspecified atom stereocenters. The van der Waals surface area contributed by atoms with Crippen molar-refractivity contribution in [3.05, 3.63) is 18.0 Å². The van der Waals surface area contributed by atoms with Gasteiger partial charge in [-0.3, -0.25) is 4.68 Å². The van der Waals surface area contributed by atoms with Gasteiger partial charge in [0.25, 0.3) is 0 Å². The van der Waals surface area contributed by atoms with Crippen LogP contribution in [0.3, 0.4) is 0 Å². The summed E-state index contributed by atoms with van der Waals surface area (Å²) in [6.45, 7) is 9.00. The predicted octanol–water partition coefficient (Wildman–Crippen LogP) is 3.18. The Balaban J connectivity index is 2.27. The maximum Gasteiger partial charge on any atom is 0.0546 e. The highest BCUT2D eigenvalue weighted by molar-refractivity contribution is 5.03. The topological polar surface area (TPSA) is 38.1 Å². The van der Waals surface area contributed by atoms with Crippen LogP contribution in [0.1, 0.15) is 52.5 Å². The second-order valence-electron chi connectivity index (χ2n) is 6.82. The molecule has 0 radical (unpaired) electrons. The summed E-state index contributed by atoms with van der Waals surface area (Å²) in [6.07, 6.45) is 7.52. The molecule has 2 atom stereocenters. The van der Waals surface area contributed by atoms with E-state index in [1.165, 1.54) is 5.56 Å². The van der Waals surface area contributed by atoms with Crippen molar-refractivity contribution in [3.63, 3.8) is 0 Å². The van der Waals surface area contributed by atoms with Gasteiger partial charge in [0, 0.05) is 13.2 Å². The second kappa shape index (κ2) is 6.37. The van der Waals surface area contributed by atoms with Gasteiger partial charge in [-0.2, -0.15) is 5.10 Å². The van der Waals surface area contributed by atoms with Gasteiger partial charge in [-0.1, -0.05) is 27.7 Å². The summed E-state index contributed by atoms with van der Waals surface area (Å²) in [4.78, 5) is 0. The molecule has 0 fully saturated rings. The fraction of sp³-hybridized carbons (Fsp3) is 0.800. The van der Waals surface area contributed by atoms with E-state index in [1.807, 2.05) is 24.1 Å². The lowest BCUT2D eigenvalue weighted by atomic mass is 9.83. The van der Waals surface area contributed by atoms with Crippen molar-refractivity contribution in [1.82, 2.24) is 9.78 Å². The minimum Gasteiger partial charge on any atom is -0.393 e. The SMILES string of the molecule is CC(CC(O)CCc1cnn(C)c1)CC(C)(C)C. The summed E-state index contributed by atoms with van der Waals surface area (Å²) in [7, 11) is 1.92. The summed E-state index contributed by atoms with van der Waals surface area (Å²) >= 11 is 0. The van der Waals surface area contributed by atoms with Crippen LogP contribution in [0.25, 0.3) is 0 Å². The summed E-state index contributed by atoms with van der Waals surface area (Å²) in [5.41, 5.74) is 1.56. The smallest absolute Gasteiger partial charge is 0.0546 e. The number of aliphatic hydroxyl groups is 1. The van der Waals surface area contributed by atoms with E-state index in [-0.39, 0.29) is 6.10 Å². The molecule has 3 nitrogen and oxygen atoms in total. The third kappa shape index (κ3) is 6.20. The van der Waals surface area contributed by atoms with E-state index >= 15 is 0 Å². The standard InChI is InChI=1S/C15H28N2O/c1-12(9-15(2,3)4)8-14(18)7-6-13-10-16-17(5)11-13/h10-12,14,18H,6-9H2,1-5H3. The third-order valence-electron chi connectivity index (χ3n) is 3.16. The Kier molecular flexibility index (Phi) is 5.39. The van der Waals surface area contributed by atoms with Crippen LogP contribution >= 0.6 is 0 Å². The van der Waals surface area contributed by atoms with E-state index in [0.717, 1.165) is 25.7 Å². The average molecular weight is 252 g/mol. The van der Waals surface area contributed by atoms with Crippen LogP contribution in [0.2, 0.25) is 0 Å². The number of hydrogen-bond acceptors (Lipinski definition) is 2. The molecule has 1 aromatic rings. The first kappa shape index (κ1) is 15.2. The van der Waals surface area contributed by atoms with Gasteiger partial charge in [0.05, 0.1) is 12.3 Å². The first-order chi connectivity index (χ1) is 8.26. The van der Waals surface area contributed by atoms with E-state index < -0.39 is 0 Å². The zero-order chi connectivity index (χ0) is 13.8. The Morgan fingerprint density at radius 2 is 2.06 bits per heavy atom. The fourth-order valence-corrected chi connectivity index (χ4v) is 2.65. The van der Waals surface area contributed by atoms with Crippen LogP contribution in [0.4, 0.5) is 0 Å². The molecule has 104 valence electrons. The van der Waals surface area contributed by atoms with Gasteiger partial charge < -0.3 is 5.11 Å². The zero-order valence-corrected chi connectivity index (χ0v) is 12.5. The number of aryl methyl sites for hydroxylation is 2. The molecule has 0 aromatic carbocycles. The molecule has 1 N–H and O–H groups in total. The third-order valence-corrected chi connectivity index (χ3v) is 3.16. The minimum absolute atomic E-state index is 0.192. The Bertz CT molecular complexity index is 352. The van der Waals surface area contributed by atoms with Crippen LogP contribution < -0.4 is 0 Å². The van der Waals surface area contributed by atoms with Crippen molar-refractivity contribution in [1.29, 1.82) is 0 Å². The second-order valence-corrected chi connectivity index (χ2v) is 6.82. The molecule has 18 heavy (non-hydrogen) atoms. The lowest BCUT2D eigenvalue weighted by Gasteiger charge is -2.24. The van der Waals surface area contributed by atoms with Crippen LogP contribution in [0.5, 0.6) is 0 Å². The van der Waals surface area contributed by atoms with E-state index in [0.29, 0.717) is 11.3 Å². The van der Waals surface area contributed by atoms with Gasteiger partial charge in [0.1, 0.15) is 0 Å². The summed E-state index contributed by atoms with van der Waals surface area (Å²) in [5.74, 6) is 0.578. The van der Waals surface area contributed by atoms with Crippen molar-refractivity contribution >= 4 is 0 Å². The molecule has 0 aliphatic carbocycles.